The molecule has 5 rings (SSSR count). The number of fused-ring (bicyclic) bond motifs is 3. The van der Waals surface area contributed by atoms with Gasteiger partial charge < -0.3 is 20.4 Å². The summed E-state index contributed by atoms with van der Waals surface area (Å²) in [6.07, 6.45) is 1.59. The first-order chi connectivity index (χ1) is 17.5. The number of hydrogen-bond donors (Lipinski definition) is 3. The molecule has 178 valence electrons. The third-order valence-corrected chi connectivity index (χ3v) is 5.70. The van der Waals surface area contributed by atoms with Crippen molar-refractivity contribution in [2.45, 2.75) is 6.92 Å². The molecule has 5 aromatic rings. The number of aromatic amines is 1. The van der Waals surface area contributed by atoms with Crippen molar-refractivity contribution in [2.24, 2.45) is 0 Å². The normalized spacial score (nSPS) is 10.8. The number of esters is 1. The molecule has 0 saturated carbocycles. The molecule has 36 heavy (non-hydrogen) atoms. The molecule has 0 aliphatic heterocycles. The quantitative estimate of drug-likeness (QED) is 0.227. The number of rotatable bonds is 6. The van der Waals surface area contributed by atoms with E-state index in [0.29, 0.717) is 33.4 Å². The van der Waals surface area contributed by atoms with Crippen molar-refractivity contribution in [1.29, 1.82) is 0 Å². The summed E-state index contributed by atoms with van der Waals surface area (Å²) in [5, 5.41) is 7.73. The number of nitrogens with zero attached hydrogens (tertiary/aromatic N) is 1. The maximum atomic E-state index is 12.9. The van der Waals surface area contributed by atoms with E-state index in [4.69, 9.17) is 4.74 Å². The summed E-state index contributed by atoms with van der Waals surface area (Å²) in [7, 11) is 0. The van der Waals surface area contributed by atoms with Gasteiger partial charge in [0.05, 0.1) is 23.2 Å². The lowest BCUT2D eigenvalue weighted by Crippen LogP contribution is -2.14. The average Bonchev–Trinajstić information content (AvgIpc) is 2.90. The van der Waals surface area contributed by atoms with Crippen LogP contribution in [0, 0.1) is 0 Å². The molecule has 3 N–H and O–H groups in total. The fourth-order valence-electron chi connectivity index (χ4n) is 4.07. The van der Waals surface area contributed by atoms with Crippen molar-refractivity contribution in [2.75, 3.05) is 17.2 Å². The summed E-state index contributed by atoms with van der Waals surface area (Å²) in [5.41, 5.74) is 2.87. The summed E-state index contributed by atoms with van der Waals surface area (Å²) in [6, 6.07) is 23.1. The van der Waals surface area contributed by atoms with Crippen LogP contribution in [0.15, 0.2) is 89.9 Å². The van der Waals surface area contributed by atoms with E-state index in [-0.39, 0.29) is 23.5 Å². The highest BCUT2D eigenvalue weighted by Gasteiger charge is 2.18. The van der Waals surface area contributed by atoms with Gasteiger partial charge in [0, 0.05) is 33.9 Å². The van der Waals surface area contributed by atoms with Gasteiger partial charge >= 0.3 is 5.97 Å². The number of pyridine rings is 2. The Morgan fingerprint density at radius 3 is 2.39 bits per heavy atom. The zero-order chi connectivity index (χ0) is 25.1. The van der Waals surface area contributed by atoms with Crippen molar-refractivity contribution in [3.63, 3.8) is 0 Å². The fraction of sp³-hybridized carbons (Fsp3) is 0.0714. The number of benzene rings is 3. The highest BCUT2D eigenvalue weighted by atomic mass is 16.5. The molecule has 8 nitrogen and oxygen atoms in total. The molecule has 0 unspecified atom stereocenters. The van der Waals surface area contributed by atoms with Crippen LogP contribution in [0.25, 0.3) is 21.8 Å². The number of ether oxygens (including phenoxy) is 1. The molecule has 0 bridgehead atoms. The van der Waals surface area contributed by atoms with Crippen LogP contribution in [0.5, 0.6) is 0 Å². The van der Waals surface area contributed by atoms with Gasteiger partial charge in [0.2, 0.25) is 0 Å². The minimum absolute atomic E-state index is 0.190. The Kier molecular flexibility index (Phi) is 6.15. The molecular weight excluding hydrogens is 456 g/mol. The molecule has 0 atom stereocenters. The van der Waals surface area contributed by atoms with E-state index < -0.39 is 11.5 Å². The minimum Gasteiger partial charge on any atom is -0.462 e. The Morgan fingerprint density at radius 1 is 0.889 bits per heavy atom. The van der Waals surface area contributed by atoms with Crippen LogP contribution in [-0.4, -0.2) is 28.5 Å². The molecule has 0 radical (unpaired) electrons. The first-order valence-electron chi connectivity index (χ1n) is 11.4. The van der Waals surface area contributed by atoms with E-state index in [0.717, 1.165) is 5.69 Å². The second kappa shape index (κ2) is 9.71. The number of H-pyrrole nitrogens is 1. The van der Waals surface area contributed by atoms with Crippen LogP contribution in [0.3, 0.4) is 0 Å². The van der Waals surface area contributed by atoms with E-state index in [1.54, 1.807) is 61.7 Å². The number of nitrogens with one attached hydrogen (secondary N) is 3. The molecule has 2 heterocycles. The predicted molar refractivity (Wildman–Crippen MR) is 140 cm³/mol. The summed E-state index contributed by atoms with van der Waals surface area (Å²) >= 11 is 0. The van der Waals surface area contributed by atoms with Crippen LogP contribution in [-0.2, 0) is 4.74 Å². The number of aromatic nitrogens is 2. The number of carbonyl (C=O) groups excluding carboxylic acids is 2. The third-order valence-electron chi connectivity index (χ3n) is 5.70. The van der Waals surface area contributed by atoms with Crippen molar-refractivity contribution >= 4 is 50.7 Å². The lowest BCUT2D eigenvalue weighted by atomic mass is 10.0. The second-order valence-electron chi connectivity index (χ2n) is 8.01. The van der Waals surface area contributed by atoms with Gasteiger partial charge in [-0.3, -0.25) is 9.59 Å². The van der Waals surface area contributed by atoms with E-state index in [1.165, 1.54) is 0 Å². The van der Waals surface area contributed by atoms with Gasteiger partial charge in [-0.15, -0.1) is 0 Å². The van der Waals surface area contributed by atoms with E-state index in [9.17, 15) is 14.4 Å². The van der Waals surface area contributed by atoms with E-state index in [2.05, 4.69) is 20.6 Å². The minimum atomic E-state index is -0.556. The van der Waals surface area contributed by atoms with Crippen LogP contribution in [0.1, 0.15) is 27.6 Å². The van der Waals surface area contributed by atoms with Crippen LogP contribution in [0.2, 0.25) is 0 Å². The first-order valence-corrected chi connectivity index (χ1v) is 11.4. The van der Waals surface area contributed by atoms with Gasteiger partial charge in [0.1, 0.15) is 5.65 Å². The Bertz CT molecular complexity index is 1640. The van der Waals surface area contributed by atoms with Crippen molar-refractivity contribution in [1.82, 2.24) is 9.97 Å². The van der Waals surface area contributed by atoms with Gasteiger partial charge in [-0.05, 0) is 55.5 Å². The maximum absolute atomic E-state index is 12.9. The van der Waals surface area contributed by atoms with Crippen molar-refractivity contribution in [3.8, 4) is 0 Å². The molecule has 3 aromatic carbocycles. The second-order valence-corrected chi connectivity index (χ2v) is 8.01. The number of anilines is 3. The van der Waals surface area contributed by atoms with Gasteiger partial charge in [-0.2, -0.15) is 0 Å². The Labute approximate surface area is 206 Å². The molecule has 0 aliphatic rings. The Morgan fingerprint density at radius 2 is 1.64 bits per heavy atom. The van der Waals surface area contributed by atoms with Gasteiger partial charge in [0.25, 0.3) is 11.5 Å². The zero-order valence-corrected chi connectivity index (χ0v) is 19.4. The number of hydrogen-bond acceptors (Lipinski definition) is 6. The topological polar surface area (TPSA) is 113 Å². The van der Waals surface area contributed by atoms with E-state index in [1.807, 2.05) is 30.3 Å². The third kappa shape index (κ3) is 4.39. The summed E-state index contributed by atoms with van der Waals surface area (Å²) in [6.45, 7) is 1.92. The van der Waals surface area contributed by atoms with Gasteiger partial charge in [-0.1, -0.05) is 30.3 Å². The number of carbonyl (C=O) groups is 2. The van der Waals surface area contributed by atoms with Crippen LogP contribution in [0.4, 0.5) is 17.1 Å². The number of amides is 1. The Hall–Kier alpha value is -4.98. The standard InChI is InChI=1S/C28H22N4O4/c1-2-36-28(35)21-10-6-9-20-23(21)27(34)32-25-24(20)22(15-16-29-25)30-18-11-13-19(14-12-18)31-26(33)17-7-4-3-5-8-17/h3-16H,2H2,1H3,(H,31,33)(H2,29,30,32,34). The molecule has 0 saturated heterocycles. The highest BCUT2D eigenvalue weighted by Crippen LogP contribution is 2.31. The SMILES string of the molecule is CCOC(=O)c1cccc2c1c(=O)[nH]c1nccc(Nc3ccc(NC(=O)c4ccccc4)cc3)c12. The average molecular weight is 479 g/mol. The Balaban J connectivity index is 1.49. The fourth-order valence-corrected chi connectivity index (χ4v) is 4.07. The monoisotopic (exact) mass is 478 g/mol. The molecule has 2 aromatic heterocycles. The van der Waals surface area contributed by atoms with Gasteiger partial charge in [-0.25, -0.2) is 9.78 Å². The van der Waals surface area contributed by atoms with Crippen LogP contribution < -0.4 is 16.2 Å². The molecule has 8 heteroatoms. The maximum Gasteiger partial charge on any atom is 0.338 e. The molecule has 1 amide bonds. The first kappa shape index (κ1) is 22.8. The molecule has 0 aliphatic carbocycles. The summed E-state index contributed by atoms with van der Waals surface area (Å²) in [4.78, 5) is 44.9. The summed E-state index contributed by atoms with van der Waals surface area (Å²) < 4.78 is 5.14. The highest BCUT2D eigenvalue weighted by molar-refractivity contribution is 6.16. The lowest BCUT2D eigenvalue weighted by molar-refractivity contribution is 0.0528. The van der Waals surface area contributed by atoms with Crippen LogP contribution >= 0.6 is 0 Å². The summed E-state index contributed by atoms with van der Waals surface area (Å²) in [5.74, 6) is -0.747. The smallest absolute Gasteiger partial charge is 0.338 e. The van der Waals surface area contributed by atoms with Gasteiger partial charge in [0.15, 0.2) is 0 Å². The lowest BCUT2D eigenvalue weighted by Gasteiger charge is -2.13. The largest absolute Gasteiger partial charge is 0.462 e. The molecule has 0 spiro atoms. The van der Waals surface area contributed by atoms with Crippen molar-refractivity contribution < 1.29 is 14.3 Å². The predicted octanol–water partition coefficient (Wildman–Crippen LogP) is 5.25. The molecule has 0 fully saturated rings. The zero-order valence-electron chi connectivity index (χ0n) is 19.4. The molecular formula is C28H22N4O4. The van der Waals surface area contributed by atoms with Crippen molar-refractivity contribution in [3.05, 3.63) is 107 Å². The van der Waals surface area contributed by atoms with E-state index >= 15 is 0 Å².